The van der Waals surface area contributed by atoms with E-state index in [1.54, 1.807) is 0 Å². The van der Waals surface area contributed by atoms with Crippen molar-refractivity contribution in [3.05, 3.63) is 30.3 Å². The number of ether oxygens (including phenoxy) is 1. The molecule has 1 rings (SSSR count). The SMILES string of the molecule is CCNC(=NCC(C)N(C)c1ccccc1)NCCCOCC. The Hall–Kier alpha value is -1.75. The Morgan fingerprint density at radius 3 is 2.61 bits per heavy atom. The minimum atomic E-state index is 0.330. The van der Waals surface area contributed by atoms with Gasteiger partial charge in [0.05, 0.1) is 6.54 Å². The summed E-state index contributed by atoms with van der Waals surface area (Å²) in [5.74, 6) is 0.873. The zero-order chi connectivity index (χ0) is 16.9. The molecule has 0 bridgehead atoms. The van der Waals surface area contributed by atoms with Crippen LogP contribution in [0.5, 0.6) is 0 Å². The highest BCUT2D eigenvalue weighted by Gasteiger charge is 2.09. The maximum Gasteiger partial charge on any atom is 0.191 e. The van der Waals surface area contributed by atoms with Gasteiger partial charge in [0.2, 0.25) is 0 Å². The topological polar surface area (TPSA) is 48.9 Å². The Morgan fingerprint density at radius 2 is 1.96 bits per heavy atom. The highest BCUT2D eigenvalue weighted by Crippen LogP contribution is 2.13. The van der Waals surface area contributed by atoms with E-state index >= 15 is 0 Å². The highest BCUT2D eigenvalue weighted by molar-refractivity contribution is 5.79. The quantitative estimate of drug-likeness (QED) is 0.395. The van der Waals surface area contributed by atoms with E-state index in [1.165, 1.54) is 5.69 Å². The van der Waals surface area contributed by atoms with E-state index in [-0.39, 0.29) is 0 Å². The van der Waals surface area contributed by atoms with E-state index in [0.717, 1.165) is 45.2 Å². The van der Waals surface area contributed by atoms with Crippen LogP contribution in [-0.4, -0.2) is 51.9 Å². The summed E-state index contributed by atoms with van der Waals surface area (Å²) in [5, 5.41) is 6.64. The van der Waals surface area contributed by atoms with Crippen LogP contribution in [0.4, 0.5) is 5.69 Å². The molecule has 0 aromatic heterocycles. The zero-order valence-electron chi connectivity index (χ0n) is 15.0. The normalized spacial score (nSPS) is 12.8. The molecule has 0 heterocycles. The first-order valence-corrected chi connectivity index (χ1v) is 8.56. The summed E-state index contributed by atoms with van der Waals surface area (Å²) < 4.78 is 5.35. The highest BCUT2D eigenvalue weighted by atomic mass is 16.5. The number of guanidine groups is 1. The molecule has 0 radical (unpaired) electrons. The molecule has 0 amide bonds. The number of anilines is 1. The van der Waals surface area contributed by atoms with Gasteiger partial charge in [-0.15, -0.1) is 0 Å². The minimum absolute atomic E-state index is 0.330. The third-order valence-corrected chi connectivity index (χ3v) is 3.64. The van der Waals surface area contributed by atoms with Crippen LogP contribution < -0.4 is 15.5 Å². The van der Waals surface area contributed by atoms with Crippen molar-refractivity contribution in [2.45, 2.75) is 33.2 Å². The Kier molecular flexibility index (Phi) is 9.87. The van der Waals surface area contributed by atoms with E-state index < -0.39 is 0 Å². The van der Waals surface area contributed by atoms with Crippen LogP contribution in [0.3, 0.4) is 0 Å². The Labute approximate surface area is 141 Å². The van der Waals surface area contributed by atoms with Crippen LogP contribution in [-0.2, 0) is 4.74 Å². The van der Waals surface area contributed by atoms with Gasteiger partial charge in [-0.1, -0.05) is 18.2 Å². The summed E-state index contributed by atoms with van der Waals surface area (Å²) in [6.07, 6.45) is 0.984. The zero-order valence-corrected chi connectivity index (χ0v) is 15.0. The molecule has 1 aromatic carbocycles. The molecule has 1 aromatic rings. The smallest absolute Gasteiger partial charge is 0.191 e. The molecule has 0 saturated heterocycles. The molecule has 23 heavy (non-hydrogen) atoms. The Balaban J connectivity index is 2.45. The molecule has 0 saturated carbocycles. The van der Waals surface area contributed by atoms with Crippen LogP contribution in [0.25, 0.3) is 0 Å². The molecular weight excluding hydrogens is 288 g/mol. The lowest BCUT2D eigenvalue weighted by Gasteiger charge is -2.26. The summed E-state index contributed by atoms with van der Waals surface area (Å²) in [6.45, 7) is 10.3. The molecule has 0 fully saturated rings. The monoisotopic (exact) mass is 320 g/mol. The molecule has 2 N–H and O–H groups in total. The number of aliphatic imine (C=N–C) groups is 1. The molecular formula is C18H32N4O. The fourth-order valence-electron chi connectivity index (χ4n) is 2.13. The first-order valence-electron chi connectivity index (χ1n) is 8.56. The van der Waals surface area contributed by atoms with Crippen LogP contribution in [0, 0.1) is 0 Å². The lowest BCUT2D eigenvalue weighted by molar-refractivity contribution is 0.145. The summed E-state index contributed by atoms with van der Waals surface area (Å²) in [4.78, 5) is 6.94. The maximum atomic E-state index is 5.35. The second-order valence-electron chi connectivity index (χ2n) is 5.49. The van der Waals surface area contributed by atoms with Crippen molar-refractivity contribution < 1.29 is 4.74 Å². The molecule has 1 unspecified atom stereocenters. The number of benzene rings is 1. The van der Waals surface area contributed by atoms with Gasteiger partial charge in [0.15, 0.2) is 5.96 Å². The number of rotatable bonds is 10. The van der Waals surface area contributed by atoms with Crippen molar-refractivity contribution in [1.82, 2.24) is 10.6 Å². The summed E-state index contributed by atoms with van der Waals surface area (Å²) >= 11 is 0. The molecule has 5 heteroatoms. The molecule has 0 spiro atoms. The standard InChI is InChI=1S/C18H32N4O/c1-5-19-18(20-13-10-14-23-6-2)21-15-16(3)22(4)17-11-8-7-9-12-17/h7-9,11-12,16H,5-6,10,13-15H2,1-4H3,(H2,19,20,21). The molecule has 0 aliphatic rings. The number of para-hydroxylation sites is 1. The fraction of sp³-hybridized carbons (Fsp3) is 0.611. The summed E-state index contributed by atoms with van der Waals surface area (Å²) in [7, 11) is 2.11. The van der Waals surface area contributed by atoms with E-state index in [9.17, 15) is 0 Å². The maximum absolute atomic E-state index is 5.35. The van der Waals surface area contributed by atoms with Gasteiger partial charge in [-0.3, -0.25) is 4.99 Å². The van der Waals surface area contributed by atoms with E-state index in [1.807, 2.05) is 13.0 Å². The molecule has 5 nitrogen and oxygen atoms in total. The van der Waals surface area contributed by atoms with E-state index in [2.05, 4.69) is 65.7 Å². The number of nitrogens with zero attached hydrogens (tertiary/aromatic N) is 2. The van der Waals surface area contributed by atoms with Gasteiger partial charge >= 0.3 is 0 Å². The van der Waals surface area contributed by atoms with Crippen molar-refractivity contribution in [1.29, 1.82) is 0 Å². The minimum Gasteiger partial charge on any atom is -0.382 e. The predicted octanol–water partition coefficient (Wildman–Crippen LogP) is 2.49. The summed E-state index contributed by atoms with van der Waals surface area (Å²) in [5.41, 5.74) is 1.21. The van der Waals surface area contributed by atoms with Gasteiger partial charge < -0.3 is 20.3 Å². The Bertz CT molecular complexity index is 436. The number of likely N-dealkylation sites (N-methyl/N-ethyl adjacent to an activating group) is 1. The van der Waals surface area contributed by atoms with Crippen molar-refractivity contribution in [3.8, 4) is 0 Å². The average molecular weight is 320 g/mol. The summed E-state index contributed by atoms with van der Waals surface area (Å²) in [6, 6.07) is 10.7. The molecule has 0 aliphatic heterocycles. The van der Waals surface area contributed by atoms with E-state index in [0.29, 0.717) is 6.04 Å². The van der Waals surface area contributed by atoms with Crippen LogP contribution in [0.15, 0.2) is 35.3 Å². The van der Waals surface area contributed by atoms with Crippen molar-refractivity contribution in [2.75, 3.05) is 44.8 Å². The molecule has 130 valence electrons. The third kappa shape index (κ3) is 7.88. The van der Waals surface area contributed by atoms with Gasteiger partial charge in [-0.25, -0.2) is 0 Å². The predicted molar refractivity (Wildman–Crippen MR) is 99.4 cm³/mol. The van der Waals surface area contributed by atoms with Crippen LogP contribution >= 0.6 is 0 Å². The fourth-order valence-corrected chi connectivity index (χ4v) is 2.13. The first-order chi connectivity index (χ1) is 11.2. The second kappa shape index (κ2) is 11.8. The lowest BCUT2D eigenvalue weighted by atomic mass is 10.2. The second-order valence-corrected chi connectivity index (χ2v) is 5.49. The average Bonchev–Trinajstić information content (AvgIpc) is 2.59. The van der Waals surface area contributed by atoms with Crippen molar-refractivity contribution in [2.24, 2.45) is 4.99 Å². The number of hydrogen-bond acceptors (Lipinski definition) is 3. The third-order valence-electron chi connectivity index (χ3n) is 3.64. The largest absolute Gasteiger partial charge is 0.382 e. The van der Waals surface area contributed by atoms with Gasteiger partial charge in [-0.05, 0) is 39.3 Å². The molecule has 0 aliphatic carbocycles. The molecule has 1 atom stereocenters. The van der Waals surface area contributed by atoms with Gasteiger partial charge in [0, 0.05) is 45.1 Å². The van der Waals surface area contributed by atoms with Gasteiger partial charge in [0.1, 0.15) is 0 Å². The lowest BCUT2D eigenvalue weighted by Crippen LogP contribution is -2.39. The van der Waals surface area contributed by atoms with Crippen LogP contribution in [0.1, 0.15) is 27.2 Å². The van der Waals surface area contributed by atoms with Crippen molar-refractivity contribution in [3.63, 3.8) is 0 Å². The Morgan fingerprint density at radius 1 is 1.22 bits per heavy atom. The number of nitrogens with one attached hydrogen (secondary N) is 2. The van der Waals surface area contributed by atoms with Gasteiger partial charge in [-0.2, -0.15) is 0 Å². The van der Waals surface area contributed by atoms with E-state index in [4.69, 9.17) is 4.74 Å². The van der Waals surface area contributed by atoms with Crippen molar-refractivity contribution >= 4 is 11.6 Å². The van der Waals surface area contributed by atoms with Gasteiger partial charge in [0.25, 0.3) is 0 Å². The first kappa shape index (κ1) is 19.3. The van der Waals surface area contributed by atoms with Crippen LogP contribution in [0.2, 0.25) is 0 Å². The number of hydrogen-bond donors (Lipinski definition) is 2.